The van der Waals surface area contributed by atoms with Gasteiger partial charge in [-0.3, -0.25) is 0 Å². The maximum absolute atomic E-state index is 8.63. The van der Waals surface area contributed by atoms with Gasteiger partial charge in [0.1, 0.15) is 11.8 Å². The van der Waals surface area contributed by atoms with Gasteiger partial charge in [-0.05, 0) is 12.1 Å². The minimum Gasteiger partial charge on any atom is -0.435 e. The third-order valence-corrected chi connectivity index (χ3v) is 1.58. The molecule has 1 N–H and O–H groups in total. The number of para-hydroxylation sites is 1. The third-order valence-electron chi connectivity index (χ3n) is 1.58. The second-order valence-electron chi connectivity index (χ2n) is 2.50. The van der Waals surface area contributed by atoms with Gasteiger partial charge in [0, 0.05) is 0 Å². The summed E-state index contributed by atoms with van der Waals surface area (Å²) in [4.78, 5) is 0. The van der Waals surface area contributed by atoms with Gasteiger partial charge >= 0.3 is 0 Å². The number of aromatic nitrogens is 3. The number of hydrogen-bond acceptors (Lipinski definition) is 4. The van der Waals surface area contributed by atoms with Crippen LogP contribution in [0.3, 0.4) is 0 Å². The molecular weight excluding hydrogens is 180 g/mol. The van der Waals surface area contributed by atoms with Gasteiger partial charge in [-0.2, -0.15) is 10.5 Å². The first kappa shape index (κ1) is 8.26. The van der Waals surface area contributed by atoms with Crippen LogP contribution in [0, 0.1) is 11.3 Å². The summed E-state index contributed by atoms with van der Waals surface area (Å²) < 4.78 is 5.31. The Balaban J connectivity index is 2.24. The molecule has 0 aliphatic carbocycles. The van der Waals surface area contributed by atoms with Gasteiger partial charge in [-0.1, -0.05) is 18.2 Å². The first-order valence-electron chi connectivity index (χ1n) is 3.94. The monoisotopic (exact) mass is 186 g/mol. The Labute approximate surface area is 79.9 Å². The highest BCUT2D eigenvalue weighted by molar-refractivity contribution is 5.33. The lowest BCUT2D eigenvalue weighted by Crippen LogP contribution is -1.86. The van der Waals surface area contributed by atoms with Gasteiger partial charge in [-0.15, -0.1) is 10.2 Å². The van der Waals surface area contributed by atoms with E-state index in [2.05, 4.69) is 15.4 Å². The zero-order chi connectivity index (χ0) is 9.80. The molecule has 0 atom stereocenters. The number of benzene rings is 1. The summed E-state index contributed by atoms with van der Waals surface area (Å²) in [5, 5.41) is 18.3. The highest BCUT2D eigenvalue weighted by atomic mass is 16.5. The molecule has 0 aliphatic heterocycles. The van der Waals surface area contributed by atoms with Crippen molar-refractivity contribution in [1.29, 1.82) is 5.26 Å². The Morgan fingerprint density at radius 2 is 2.00 bits per heavy atom. The fourth-order valence-electron chi connectivity index (χ4n) is 0.965. The van der Waals surface area contributed by atoms with Crippen LogP contribution in [0.25, 0.3) is 0 Å². The van der Waals surface area contributed by atoms with E-state index >= 15 is 0 Å². The summed E-state index contributed by atoms with van der Waals surface area (Å²) >= 11 is 0. The van der Waals surface area contributed by atoms with Crippen molar-refractivity contribution in [3.05, 3.63) is 36.0 Å². The van der Waals surface area contributed by atoms with Gasteiger partial charge in [0.2, 0.25) is 5.69 Å². The quantitative estimate of drug-likeness (QED) is 0.770. The highest BCUT2D eigenvalue weighted by Gasteiger charge is 2.08. The largest absolute Gasteiger partial charge is 0.435 e. The number of ether oxygens (including phenoxy) is 1. The van der Waals surface area contributed by atoms with E-state index < -0.39 is 0 Å². The molecule has 5 heteroatoms. The number of H-pyrrole nitrogens is 1. The normalized spacial score (nSPS) is 9.36. The highest BCUT2D eigenvalue weighted by Crippen LogP contribution is 2.19. The van der Waals surface area contributed by atoms with Crippen LogP contribution in [0.5, 0.6) is 11.6 Å². The first-order valence-corrected chi connectivity index (χ1v) is 3.94. The molecule has 0 amide bonds. The Morgan fingerprint density at radius 3 is 2.71 bits per heavy atom. The molecular formula is C9H6N4O. The molecule has 0 spiro atoms. The number of hydrogen-bond donors (Lipinski definition) is 1. The topological polar surface area (TPSA) is 74.6 Å². The van der Waals surface area contributed by atoms with E-state index in [1.54, 1.807) is 12.1 Å². The average molecular weight is 186 g/mol. The molecule has 5 nitrogen and oxygen atoms in total. The fraction of sp³-hybridized carbons (Fsp3) is 0. The predicted octanol–water partition coefficient (Wildman–Crippen LogP) is 1.47. The van der Waals surface area contributed by atoms with Gasteiger partial charge in [0.25, 0.3) is 5.88 Å². The lowest BCUT2D eigenvalue weighted by Gasteiger charge is -1.99. The standard InChI is InChI=1S/C9H6N4O/c10-6-8-9(12-13-11-8)14-7-4-2-1-3-5-7/h1-5H,(H,11,12,13). The smallest absolute Gasteiger partial charge is 0.277 e. The molecule has 14 heavy (non-hydrogen) atoms. The average Bonchev–Trinajstić information content (AvgIpc) is 2.67. The second-order valence-corrected chi connectivity index (χ2v) is 2.50. The summed E-state index contributed by atoms with van der Waals surface area (Å²) in [6.07, 6.45) is 0. The molecule has 2 aromatic rings. The molecule has 68 valence electrons. The molecule has 0 radical (unpaired) electrons. The zero-order valence-corrected chi connectivity index (χ0v) is 7.14. The maximum Gasteiger partial charge on any atom is 0.277 e. The Hall–Kier alpha value is -2.35. The van der Waals surface area contributed by atoms with Gasteiger partial charge in [-0.25, -0.2) is 0 Å². The van der Waals surface area contributed by atoms with Crippen molar-refractivity contribution in [2.75, 3.05) is 0 Å². The van der Waals surface area contributed by atoms with Crippen molar-refractivity contribution < 1.29 is 4.74 Å². The van der Waals surface area contributed by atoms with Crippen molar-refractivity contribution in [3.8, 4) is 17.7 Å². The van der Waals surface area contributed by atoms with Gasteiger partial charge < -0.3 is 4.74 Å². The first-order chi connectivity index (χ1) is 6.90. The second kappa shape index (κ2) is 3.58. The van der Waals surface area contributed by atoms with E-state index in [0.717, 1.165) is 0 Å². The number of rotatable bonds is 2. The van der Waals surface area contributed by atoms with Gasteiger partial charge in [0.15, 0.2) is 0 Å². The van der Waals surface area contributed by atoms with Crippen LogP contribution in [0.4, 0.5) is 0 Å². The lowest BCUT2D eigenvalue weighted by atomic mass is 10.3. The minimum absolute atomic E-state index is 0.147. The summed E-state index contributed by atoms with van der Waals surface area (Å²) in [6.45, 7) is 0. The molecule has 0 fully saturated rings. The van der Waals surface area contributed by atoms with Crippen LogP contribution < -0.4 is 4.74 Å². The molecule has 0 aliphatic rings. The van der Waals surface area contributed by atoms with Crippen LogP contribution in [-0.4, -0.2) is 15.4 Å². The van der Waals surface area contributed by atoms with E-state index in [1.165, 1.54) is 0 Å². The van der Waals surface area contributed by atoms with E-state index in [1.807, 2.05) is 24.3 Å². The molecule has 1 aromatic carbocycles. The summed E-state index contributed by atoms with van der Waals surface area (Å²) in [5.74, 6) is 0.816. The Morgan fingerprint density at radius 1 is 1.21 bits per heavy atom. The van der Waals surface area contributed by atoms with Crippen LogP contribution in [0.15, 0.2) is 30.3 Å². The molecule has 0 unspecified atom stereocenters. The molecule has 0 bridgehead atoms. The zero-order valence-electron chi connectivity index (χ0n) is 7.14. The van der Waals surface area contributed by atoms with E-state index in [4.69, 9.17) is 10.00 Å². The van der Waals surface area contributed by atoms with Gasteiger partial charge in [0.05, 0.1) is 0 Å². The third kappa shape index (κ3) is 1.54. The summed E-state index contributed by atoms with van der Waals surface area (Å²) in [7, 11) is 0. The van der Waals surface area contributed by atoms with Crippen molar-refractivity contribution in [2.24, 2.45) is 0 Å². The lowest BCUT2D eigenvalue weighted by molar-refractivity contribution is 0.460. The van der Waals surface area contributed by atoms with Crippen LogP contribution in [0.1, 0.15) is 5.69 Å². The van der Waals surface area contributed by atoms with Crippen molar-refractivity contribution in [2.45, 2.75) is 0 Å². The molecule has 2 rings (SSSR count). The molecule has 0 saturated carbocycles. The van der Waals surface area contributed by atoms with Crippen molar-refractivity contribution in [3.63, 3.8) is 0 Å². The van der Waals surface area contributed by atoms with Crippen LogP contribution in [-0.2, 0) is 0 Å². The number of nitrogens with one attached hydrogen (secondary N) is 1. The summed E-state index contributed by atoms with van der Waals surface area (Å²) in [5.41, 5.74) is 0.147. The minimum atomic E-state index is 0.147. The van der Waals surface area contributed by atoms with E-state index in [-0.39, 0.29) is 11.6 Å². The number of aromatic amines is 1. The summed E-state index contributed by atoms with van der Waals surface area (Å²) in [6, 6.07) is 11.0. The Kier molecular flexibility index (Phi) is 2.11. The van der Waals surface area contributed by atoms with Crippen molar-refractivity contribution in [1.82, 2.24) is 15.4 Å². The van der Waals surface area contributed by atoms with Crippen LogP contribution >= 0.6 is 0 Å². The van der Waals surface area contributed by atoms with E-state index in [0.29, 0.717) is 5.75 Å². The number of nitriles is 1. The molecule has 1 aromatic heterocycles. The van der Waals surface area contributed by atoms with Crippen LogP contribution in [0.2, 0.25) is 0 Å². The fourth-order valence-corrected chi connectivity index (χ4v) is 0.965. The van der Waals surface area contributed by atoms with E-state index in [9.17, 15) is 0 Å². The predicted molar refractivity (Wildman–Crippen MR) is 47.6 cm³/mol. The van der Waals surface area contributed by atoms with Crippen molar-refractivity contribution >= 4 is 0 Å². The maximum atomic E-state index is 8.63. The SMILES string of the molecule is N#Cc1n[nH]nc1Oc1ccccc1. The number of nitrogens with zero attached hydrogens (tertiary/aromatic N) is 3. The Bertz CT molecular complexity index is 457. The molecule has 0 saturated heterocycles. The molecule has 1 heterocycles.